The third-order valence-electron chi connectivity index (χ3n) is 0.874. The Morgan fingerprint density at radius 1 is 1.27 bits per heavy atom. The minimum atomic E-state index is -0.212. The lowest BCUT2D eigenvalue weighted by Crippen LogP contribution is -2.18. The predicted molar refractivity (Wildman–Crippen MR) is 45.3 cm³/mol. The molecule has 0 bridgehead atoms. The summed E-state index contributed by atoms with van der Waals surface area (Å²) in [5.41, 5.74) is -0.212. The average molecular weight is 156 g/mol. The van der Waals surface area contributed by atoms with Crippen LogP contribution in [0.2, 0.25) is 0 Å². The molecule has 0 saturated heterocycles. The van der Waals surface area contributed by atoms with E-state index in [4.69, 9.17) is 4.74 Å². The molecular weight excluding hydrogens is 140 g/mol. The van der Waals surface area contributed by atoms with Crippen LogP contribution in [0.4, 0.5) is 0 Å². The van der Waals surface area contributed by atoms with E-state index in [0.717, 1.165) is 0 Å². The number of ketones is 1. The summed E-state index contributed by atoms with van der Waals surface area (Å²) in [6.07, 6.45) is 1.49. The van der Waals surface area contributed by atoms with E-state index < -0.39 is 0 Å². The molecule has 0 aliphatic rings. The van der Waals surface area contributed by atoms with Crippen molar-refractivity contribution in [2.45, 2.75) is 40.2 Å². The number of ether oxygens (including phenoxy) is 1. The number of carbonyl (C=O) groups excluding carboxylic acids is 1. The van der Waals surface area contributed by atoms with Gasteiger partial charge in [0.05, 0.1) is 5.76 Å². The monoisotopic (exact) mass is 156 g/mol. The van der Waals surface area contributed by atoms with Gasteiger partial charge in [0.2, 0.25) is 0 Å². The van der Waals surface area contributed by atoms with E-state index >= 15 is 0 Å². The highest BCUT2D eigenvalue weighted by atomic mass is 16.5. The molecule has 64 valence electrons. The molecule has 0 amide bonds. The Hall–Kier alpha value is -0.790. The molecule has 2 nitrogen and oxygen atoms in total. The van der Waals surface area contributed by atoms with Crippen molar-refractivity contribution in [2.75, 3.05) is 0 Å². The largest absolute Gasteiger partial charge is 0.493 e. The van der Waals surface area contributed by atoms with Crippen LogP contribution < -0.4 is 0 Å². The summed E-state index contributed by atoms with van der Waals surface area (Å²) in [6.45, 7) is 9.14. The Labute approximate surface area is 68.2 Å². The summed E-state index contributed by atoms with van der Waals surface area (Å²) in [5, 5.41) is 0. The lowest BCUT2D eigenvalue weighted by molar-refractivity contribution is -0.112. The number of hydrogen-bond donors (Lipinski definition) is 0. The summed E-state index contributed by atoms with van der Waals surface area (Å²) in [6, 6.07) is 0. The van der Waals surface area contributed by atoms with Crippen LogP contribution in [0.5, 0.6) is 0 Å². The number of carbonyl (C=O) groups is 1. The van der Waals surface area contributed by atoms with E-state index in [1.165, 1.54) is 13.0 Å². The molecule has 0 fully saturated rings. The van der Waals surface area contributed by atoms with Crippen molar-refractivity contribution >= 4 is 5.78 Å². The van der Waals surface area contributed by atoms with Crippen molar-refractivity contribution in [3.63, 3.8) is 0 Å². The van der Waals surface area contributed by atoms with Gasteiger partial charge in [0, 0.05) is 6.08 Å². The van der Waals surface area contributed by atoms with Gasteiger partial charge in [-0.15, -0.1) is 0 Å². The molecule has 0 spiro atoms. The highest BCUT2D eigenvalue weighted by molar-refractivity contribution is 5.87. The Kier molecular flexibility index (Phi) is 3.30. The Morgan fingerprint density at radius 2 is 1.73 bits per heavy atom. The van der Waals surface area contributed by atoms with E-state index in [-0.39, 0.29) is 11.4 Å². The van der Waals surface area contributed by atoms with E-state index in [2.05, 4.69) is 0 Å². The second-order valence-corrected chi connectivity index (χ2v) is 3.58. The summed E-state index contributed by atoms with van der Waals surface area (Å²) in [7, 11) is 0. The fourth-order valence-electron chi connectivity index (χ4n) is 0.799. The van der Waals surface area contributed by atoms with Crippen LogP contribution in [-0.4, -0.2) is 11.4 Å². The zero-order chi connectivity index (χ0) is 9.07. The summed E-state index contributed by atoms with van der Waals surface area (Å²) in [4.78, 5) is 10.6. The maximum Gasteiger partial charge on any atom is 0.155 e. The first-order valence-corrected chi connectivity index (χ1v) is 3.69. The average Bonchev–Trinajstić information content (AvgIpc) is 1.53. The van der Waals surface area contributed by atoms with Crippen LogP contribution in [0, 0.1) is 0 Å². The van der Waals surface area contributed by atoms with Crippen LogP contribution in [0.1, 0.15) is 34.6 Å². The third kappa shape index (κ3) is 7.10. The normalized spacial score (nSPS) is 13.0. The highest BCUT2D eigenvalue weighted by Gasteiger charge is 2.10. The van der Waals surface area contributed by atoms with Crippen LogP contribution in [-0.2, 0) is 9.53 Å². The van der Waals surface area contributed by atoms with Crippen molar-refractivity contribution in [1.82, 2.24) is 0 Å². The Morgan fingerprint density at radius 3 is 2.00 bits per heavy atom. The molecule has 0 aliphatic carbocycles. The third-order valence-corrected chi connectivity index (χ3v) is 0.874. The molecule has 0 radical (unpaired) electrons. The maximum absolute atomic E-state index is 10.6. The van der Waals surface area contributed by atoms with Gasteiger partial charge >= 0.3 is 0 Å². The first kappa shape index (κ1) is 10.2. The van der Waals surface area contributed by atoms with Crippen LogP contribution in [0.25, 0.3) is 0 Å². The van der Waals surface area contributed by atoms with Gasteiger partial charge in [0.15, 0.2) is 5.78 Å². The van der Waals surface area contributed by atoms with Gasteiger partial charge in [-0.3, -0.25) is 4.79 Å². The molecule has 0 heterocycles. The van der Waals surface area contributed by atoms with Crippen molar-refractivity contribution in [1.29, 1.82) is 0 Å². The Balaban J connectivity index is 4.07. The highest BCUT2D eigenvalue weighted by Crippen LogP contribution is 2.12. The fraction of sp³-hybridized carbons (Fsp3) is 0.667. The molecule has 11 heavy (non-hydrogen) atoms. The first-order chi connectivity index (χ1) is 4.81. The minimum absolute atomic E-state index is 0.0201. The van der Waals surface area contributed by atoms with Crippen molar-refractivity contribution in [3.8, 4) is 0 Å². The summed E-state index contributed by atoms with van der Waals surface area (Å²) in [5.74, 6) is 0.691. The number of rotatable bonds is 2. The first-order valence-electron chi connectivity index (χ1n) is 3.69. The lowest BCUT2D eigenvalue weighted by atomic mass is 10.2. The maximum atomic E-state index is 10.6. The van der Waals surface area contributed by atoms with Gasteiger partial charge in [-0.1, -0.05) is 0 Å². The van der Waals surface area contributed by atoms with Gasteiger partial charge in [-0.05, 0) is 34.6 Å². The SMILES string of the molecule is CC(=O)/C=C(\C)OC(C)(C)C. The molecule has 0 N–H and O–H groups in total. The molecule has 2 heteroatoms. The molecule has 0 rings (SSSR count). The van der Waals surface area contributed by atoms with Gasteiger partial charge in [0.1, 0.15) is 5.60 Å². The Bertz CT molecular complexity index is 172. The van der Waals surface area contributed by atoms with Gasteiger partial charge in [-0.25, -0.2) is 0 Å². The number of hydrogen-bond acceptors (Lipinski definition) is 2. The standard InChI is InChI=1S/C9H16O2/c1-7(10)6-8(2)11-9(3,4)5/h6H,1-5H3/b8-6+. The molecule has 0 atom stereocenters. The van der Waals surface area contributed by atoms with Crippen molar-refractivity contribution in [2.24, 2.45) is 0 Å². The summed E-state index contributed by atoms with van der Waals surface area (Å²) < 4.78 is 5.39. The molecule has 0 aromatic carbocycles. The molecule has 0 aromatic heterocycles. The van der Waals surface area contributed by atoms with Gasteiger partial charge < -0.3 is 4.74 Å². The van der Waals surface area contributed by atoms with E-state index in [9.17, 15) is 4.79 Å². The van der Waals surface area contributed by atoms with Crippen LogP contribution >= 0.6 is 0 Å². The fourth-order valence-corrected chi connectivity index (χ4v) is 0.799. The minimum Gasteiger partial charge on any atom is -0.493 e. The molecular formula is C9H16O2. The predicted octanol–water partition coefficient (Wildman–Crippen LogP) is 2.29. The zero-order valence-corrected chi connectivity index (χ0v) is 7.89. The lowest BCUT2D eigenvalue weighted by Gasteiger charge is -2.21. The second kappa shape index (κ2) is 3.56. The van der Waals surface area contributed by atoms with E-state index in [1.807, 2.05) is 20.8 Å². The van der Waals surface area contributed by atoms with Crippen molar-refractivity contribution < 1.29 is 9.53 Å². The smallest absolute Gasteiger partial charge is 0.155 e. The van der Waals surface area contributed by atoms with Crippen LogP contribution in [0.15, 0.2) is 11.8 Å². The topological polar surface area (TPSA) is 26.3 Å². The van der Waals surface area contributed by atoms with E-state index in [1.54, 1.807) is 6.92 Å². The van der Waals surface area contributed by atoms with E-state index in [0.29, 0.717) is 5.76 Å². The second-order valence-electron chi connectivity index (χ2n) is 3.58. The van der Waals surface area contributed by atoms with Gasteiger partial charge in [0.25, 0.3) is 0 Å². The van der Waals surface area contributed by atoms with Crippen LogP contribution in [0.3, 0.4) is 0 Å². The van der Waals surface area contributed by atoms with Crippen molar-refractivity contribution in [3.05, 3.63) is 11.8 Å². The zero-order valence-electron chi connectivity index (χ0n) is 7.89. The quantitative estimate of drug-likeness (QED) is 0.453. The molecule has 0 aliphatic heterocycles. The molecule has 0 aromatic rings. The number of allylic oxidation sites excluding steroid dienone is 2. The molecule has 0 saturated carbocycles. The molecule has 0 unspecified atom stereocenters. The summed E-state index contributed by atoms with van der Waals surface area (Å²) >= 11 is 0. The van der Waals surface area contributed by atoms with Gasteiger partial charge in [-0.2, -0.15) is 0 Å².